The molecule has 20 heavy (non-hydrogen) atoms. The molecule has 1 aromatic carbocycles. The van der Waals surface area contributed by atoms with Crippen LogP contribution in [0.15, 0.2) is 30.5 Å². The highest BCUT2D eigenvalue weighted by Crippen LogP contribution is 2.31. The Morgan fingerprint density at radius 2 is 2.00 bits per heavy atom. The molecule has 6 heteroatoms. The molecule has 0 aliphatic heterocycles. The third-order valence-electron chi connectivity index (χ3n) is 3.41. The van der Waals surface area contributed by atoms with Gasteiger partial charge in [0, 0.05) is 17.1 Å². The number of H-pyrrole nitrogens is 1. The van der Waals surface area contributed by atoms with E-state index in [1.807, 2.05) is 12.1 Å². The van der Waals surface area contributed by atoms with Crippen molar-refractivity contribution >= 4 is 22.8 Å². The Bertz CT molecular complexity index is 660. The van der Waals surface area contributed by atoms with Gasteiger partial charge >= 0.3 is 11.9 Å². The van der Waals surface area contributed by atoms with Crippen LogP contribution in [-0.2, 0) is 9.59 Å². The molecular formula is C14H16N2O4. The lowest BCUT2D eigenvalue weighted by atomic mass is 9.85. The molecule has 0 aliphatic rings. The van der Waals surface area contributed by atoms with E-state index < -0.39 is 23.4 Å². The highest BCUT2D eigenvalue weighted by Gasteiger charge is 2.36. The van der Waals surface area contributed by atoms with Gasteiger partial charge in [0.25, 0.3) is 0 Å². The standard InChI is InChI=1S/C14H16N2O4/c1-14(15,13(19)20)6-9(12(17)18)10-7-16-11-5-3-2-4-8(10)11/h2-5,7,9,16H,6,15H2,1H3,(H,17,18)(H,19,20)/t9-,14+/m0/s1. The number of rotatable bonds is 5. The summed E-state index contributed by atoms with van der Waals surface area (Å²) in [5.74, 6) is -3.28. The van der Waals surface area contributed by atoms with Crippen molar-refractivity contribution in [2.45, 2.75) is 24.8 Å². The second-order valence-electron chi connectivity index (χ2n) is 5.11. The molecule has 0 amide bonds. The van der Waals surface area contributed by atoms with Crippen LogP contribution in [0.25, 0.3) is 10.9 Å². The molecule has 0 saturated heterocycles. The van der Waals surface area contributed by atoms with E-state index in [9.17, 15) is 14.7 Å². The fourth-order valence-electron chi connectivity index (χ4n) is 2.22. The lowest BCUT2D eigenvalue weighted by Gasteiger charge is -2.23. The first-order chi connectivity index (χ1) is 9.33. The Kier molecular flexibility index (Phi) is 3.50. The molecule has 0 bridgehead atoms. The van der Waals surface area contributed by atoms with Gasteiger partial charge in [-0.2, -0.15) is 0 Å². The fourth-order valence-corrected chi connectivity index (χ4v) is 2.22. The van der Waals surface area contributed by atoms with Crippen LogP contribution in [0.2, 0.25) is 0 Å². The number of fused-ring (bicyclic) bond motifs is 1. The maximum Gasteiger partial charge on any atom is 0.323 e. The third kappa shape index (κ3) is 2.50. The summed E-state index contributed by atoms with van der Waals surface area (Å²) < 4.78 is 0. The molecule has 0 aliphatic carbocycles. The number of aliphatic carboxylic acids is 2. The van der Waals surface area contributed by atoms with E-state index in [1.54, 1.807) is 18.3 Å². The van der Waals surface area contributed by atoms with Crippen molar-refractivity contribution in [3.63, 3.8) is 0 Å². The molecule has 106 valence electrons. The van der Waals surface area contributed by atoms with Crippen molar-refractivity contribution < 1.29 is 19.8 Å². The van der Waals surface area contributed by atoms with E-state index in [-0.39, 0.29) is 6.42 Å². The molecule has 1 aromatic heterocycles. The van der Waals surface area contributed by atoms with Gasteiger partial charge in [-0.05, 0) is 25.0 Å². The van der Waals surface area contributed by atoms with Crippen LogP contribution in [-0.4, -0.2) is 32.7 Å². The lowest BCUT2D eigenvalue weighted by molar-refractivity contribution is -0.144. The number of carboxylic acid groups (broad SMARTS) is 2. The minimum absolute atomic E-state index is 0.181. The van der Waals surface area contributed by atoms with Crippen molar-refractivity contribution in [1.29, 1.82) is 0 Å². The van der Waals surface area contributed by atoms with Crippen LogP contribution in [0, 0.1) is 0 Å². The summed E-state index contributed by atoms with van der Waals surface area (Å²) >= 11 is 0. The van der Waals surface area contributed by atoms with E-state index in [0.717, 1.165) is 10.9 Å². The van der Waals surface area contributed by atoms with Gasteiger partial charge < -0.3 is 20.9 Å². The van der Waals surface area contributed by atoms with Crippen molar-refractivity contribution in [2.24, 2.45) is 5.73 Å². The van der Waals surface area contributed by atoms with Crippen molar-refractivity contribution in [1.82, 2.24) is 4.98 Å². The molecule has 2 aromatic rings. The number of nitrogens with one attached hydrogen (secondary N) is 1. The minimum Gasteiger partial charge on any atom is -0.481 e. The summed E-state index contributed by atoms with van der Waals surface area (Å²) in [5, 5.41) is 19.2. The normalized spacial score (nSPS) is 15.7. The fraction of sp³-hybridized carbons (Fsp3) is 0.286. The van der Waals surface area contributed by atoms with Gasteiger partial charge in [0.15, 0.2) is 0 Å². The van der Waals surface area contributed by atoms with Gasteiger partial charge in [0.2, 0.25) is 0 Å². The summed E-state index contributed by atoms with van der Waals surface area (Å²) in [6.45, 7) is 1.32. The SMILES string of the molecule is C[C@@](N)(C[C@H](C(=O)O)c1c[nH]c2ccccc12)C(=O)O. The van der Waals surface area contributed by atoms with Crippen LogP contribution in [0.3, 0.4) is 0 Å². The molecule has 2 atom stereocenters. The molecule has 0 spiro atoms. The summed E-state index contributed by atoms with van der Waals surface area (Å²) in [4.78, 5) is 25.6. The Balaban J connectivity index is 2.44. The Morgan fingerprint density at radius 3 is 2.60 bits per heavy atom. The number of aromatic amines is 1. The van der Waals surface area contributed by atoms with Crippen molar-refractivity contribution in [3.8, 4) is 0 Å². The number of para-hydroxylation sites is 1. The number of carboxylic acids is 2. The van der Waals surface area contributed by atoms with Crippen LogP contribution >= 0.6 is 0 Å². The molecular weight excluding hydrogens is 260 g/mol. The quantitative estimate of drug-likeness (QED) is 0.660. The number of aromatic nitrogens is 1. The zero-order valence-corrected chi connectivity index (χ0v) is 11.0. The monoisotopic (exact) mass is 276 g/mol. The summed E-state index contributed by atoms with van der Waals surface area (Å²) in [6, 6.07) is 7.27. The van der Waals surface area contributed by atoms with E-state index in [0.29, 0.717) is 5.56 Å². The van der Waals surface area contributed by atoms with Crippen molar-refractivity contribution in [2.75, 3.05) is 0 Å². The zero-order chi connectivity index (χ0) is 14.9. The third-order valence-corrected chi connectivity index (χ3v) is 3.41. The molecule has 0 radical (unpaired) electrons. The molecule has 0 unspecified atom stereocenters. The van der Waals surface area contributed by atoms with Gasteiger partial charge in [0.1, 0.15) is 5.54 Å². The topological polar surface area (TPSA) is 116 Å². The van der Waals surface area contributed by atoms with Gasteiger partial charge in [-0.15, -0.1) is 0 Å². The highest BCUT2D eigenvalue weighted by molar-refractivity contribution is 5.90. The lowest BCUT2D eigenvalue weighted by Crippen LogP contribution is -2.46. The minimum atomic E-state index is -1.60. The summed E-state index contributed by atoms with van der Waals surface area (Å²) in [6.07, 6.45) is 1.42. The first-order valence-electron chi connectivity index (χ1n) is 6.14. The van der Waals surface area contributed by atoms with Gasteiger partial charge in [-0.3, -0.25) is 9.59 Å². The number of hydrogen-bond acceptors (Lipinski definition) is 3. The second-order valence-corrected chi connectivity index (χ2v) is 5.11. The van der Waals surface area contributed by atoms with E-state index in [1.165, 1.54) is 6.92 Å². The van der Waals surface area contributed by atoms with E-state index in [2.05, 4.69) is 4.98 Å². The van der Waals surface area contributed by atoms with Gasteiger partial charge in [-0.25, -0.2) is 0 Å². The first-order valence-corrected chi connectivity index (χ1v) is 6.14. The van der Waals surface area contributed by atoms with Crippen LogP contribution in [0.5, 0.6) is 0 Å². The number of carbonyl (C=O) groups is 2. The van der Waals surface area contributed by atoms with Crippen LogP contribution < -0.4 is 5.73 Å². The molecule has 0 fully saturated rings. The molecule has 2 rings (SSSR count). The first kappa shape index (κ1) is 14.1. The number of hydrogen-bond donors (Lipinski definition) is 4. The maximum absolute atomic E-state index is 11.5. The number of benzene rings is 1. The molecule has 6 nitrogen and oxygen atoms in total. The van der Waals surface area contributed by atoms with Gasteiger partial charge in [0.05, 0.1) is 5.92 Å². The largest absolute Gasteiger partial charge is 0.481 e. The van der Waals surface area contributed by atoms with E-state index >= 15 is 0 Å². The van der Waals surface area contributed by atoms with Crippen LogP contribution in [0.4, 0.5) is 0 Å². The predicted molar refractivity (Wildman–Crippen MR) is 73.5 cm³/mol. The summed E-state index contributed by atoms with van der Waals surface area (Å²) in [7, 11) is 0. The average Bonchev–Trinajstić information content (AvgIpc) is 2.79. The predicted octanol–water partition coefficient (Wildman–Crippen LogP) is 1.53. The highest BCUT2D eigenvalue weighted by atomic mass is 16.4. The van der Waals surface area contributed by atoms with Crippen LogP contribution in [0.1, 0.15) is 24.8 Å². The van der Waals surface area contributed by atoms with Crippen molar-refractivity contribution in [3.05, 3.63) is 36.0 Å². The smallest absolute Gasteiger partial charge is 0.323 e. The zero-order valence-electron chi connectivity index (χ0n) is 11.0. The Labute approximate surface area is 115 Å². The average molecular weight is 276 g/mol. The maximum atomic E-state index is 11.5. The molecule has 0 saturated carbocycles. The number of nitrogens with two attached hydrogens (primary N) is 1. The van der Waals surface area contributed by atoms with Gasteiger partial charge in [-0.1, -0.05) is 18.2 Å². The Hall–Kier alpha value is -2.34. The Morgan fingerprint density at radius 1 is 1.35 bits per heavy atom. The second kappa shape index (κ2) is 4.97. The summed E-state index contributed by atoms with van der Waals surface area (Å²) in [5.41, 5.74) is 5.43. The van der Waals surface area contributed by atoms with E-state index in [4.69, 9.17) is 10.8 Å². The molecule has 5 N–H and O–H groups in total. The molecule has 1 heterocycles.